The van der Waals surface area contributed by atoms with Crippen LogP contribution in [0, 0.1) is 0 Å². The lowest BCUT2D eigenvalue weighted by molar-refractivity contribution is 0.0696. The fourth-order valence-electron chi connectivity index (χ4n) is 5.32. The van der Waals surface area contributed by atoms with E-state index in [0.717, 1.165) is 46.2 Å². The second kappa shape index (κ2) is 13.8. The number of carbonyl (C=O) groups is 2. The molecule has 1 saturated heterocycles. The normalized spacial score (nSPS) is 14.2. The quantitative estimate of drug-likeness (QED) is 0.175. The van der Waals surface area contributed by atoms with Crippen molar-refractivity contribution in [1.82, 2.24) is 29.5 Å². The second-order valence-corrected chi connectivity index (χ2v) is 11.8. The molecule has 0 bridgehead atoms. The molecular formula is C33H32BrN9O3. The van der Waals surface area contributed by atoms with E-state index < -0.39 is 5.97 Å². The first kappa shape index (κ1) is 30.7. The summed E-state index contributed by atoms with van der Waals surface area (Å²) in [6.45, 7) is 2.83. The Morgan fingerprint density at radius 2 is 1.54 bits per heavy atom. The molecule has 2 aromatic carbocycles. The summed E-state index contributed by atoms with van der Waals surface area (Å²) in [7, 11) is 0. The molecule has 1 fully saturated rings. The van der Waals surface area contributed by atoms with Gasteiger partial charge in [-0.15, -0.1) is 0 Å². The standard InChI is InChI=1S/C22H22BrN7O.C11H10N2O2/c23-17-9-25-21-19(20(17)29-7-6-16(24)13-29)18(10-26-21)28-22(31)15-8-27-30(12-15)11-14-4-2-1-3-5-14;14-11(15)10-6-12-13(8-10)7-9-4-2-1-3-5-9/h1-5,8-10,12,16H,6-7,11,13,24H2,(H,25,26)(H,28,31);1-6,8H,7H2,(H,14,15)/t16-;/m1./s1. The number of aromatic amines is 1. The first-order valence-corrected chi connectivity index (χ1v) is 15.5. The minimum Gasteiger partial charge on any atom is -0.478 e. The summed E-state index contributed by atoms with van der Waals surface area (Å²) < 4.78 is 4.24. The van der Waals surface area contributed by atoms with Crippen LogP contribution in [0.4, 0.5) is 11.4 Å². The van der Waals surface area contributed by atoms with Gasteiger partial charge < -0.3 is 26.0 Å². The highest BCUT2D eigenvalue weighted by Gasteiger charge is 2.25. The maximum absolute atomic E-state index is 12.9. The summed E-state index contributed by atoms with van der Waals surface area (Å²) in [5.74, 6) is -1.17. The number of carboxylic acid groups (broad SMARTS) is 1. The molecule has 234 valence electrons. The molecule has 13 heteroatoms. The molecule has 0 saturated carbocycles. The second-order valence-electron chi connectivity index (χ2n) is 11.0. The Balaban J connectivity index is 0.000000208. The minimum absolute atomic E-state index is 0.141. The molecule has 7 rings (SSSR count). The predicted octanol–water partition coefficient (Wildman–Crippen LogP) is 4.99. The van der Waals surface area contributed by atoms with Crippen LogP contribution in [0.25, 0.3) is 11.0 Å². The van der Waals surface area contributed by atoms with Gasteiger partial charge in [0.1, 0.15) is 5.65 Å². The number of rotatable bonds is 8. The molecule has 1 aliphatic heterocycles. The van der Waals surface area contributed by atoms with Gasteiger partial charge in [0.25, 0.3) is 5.91 Å². The molecule has 4 aromatic heterocycles. The van der Waals surface area contributed by atoms with Crippen molar-refractivity contribution >= 4 is 50.2 Å². The number of nitrogens with two attached hydrogens (primary N) is 1. The van der Waals surface area contributed by atoms with Gasteiger partial charge in [0.15, 0.2) is 0 Å². The summed E-state index contributed by atoms with van der Waals surface area (Å²) in [6.07, 6.45) is 10.7. The Bertz CT molecular complexity index is 1950. The van der Waals surface area contributed by atoms with Crippen LogP contribution in [0.5, 0.6) is 0 Å². The molecule has 0 unspecified atom stereocenters. The van der Waals surface area contributed by atoms with Gasteiger partial charge in [0.05, 0.1) is 57.8 Å². The summed E-state index contributed by atoms with van der Waals surface area (Å²) >= 11 is 3.63. The number of benzene rings is 2. The van der Waals surface area contributed by atoms with Crippen LogP contribution in [0.2, 0.25) is 0 Å². The number of H-pyrrole nitrogens is 1. The summed E-state index contributed by atoms with van der Waals surface area (Å²) in [5.41, 5.74) is 11.4. The lowest BCUT2D eigenvalue weighted by Gasteiger charge is -2.21. The van der Waals surface area contributed by atoms with Gasteiger partial charge in [-0.05, 0) is 33.5 Å². The third kappa shape index (κ3) is 7.16. The first-order chi connectivity index (χ1) is 22.3. The molecule has 5 N–H and O–H groups in total. The Labute approximate surface area is 273 Å². The van der Waals surface area contributed by atoms with Crippen molar-refractivity contribution in [2.24, 2.45) is 5.73 Å². The molecule has 12 nitrogen and oxygen atoms in total. The van der Waals surface area contributed by atoms with E-state index in [1.165, 1.54) is 12.4 Å². The number of fused-ring (bicyclic) bond motifs is 1. The van der Waals surface area contributed by atoms with Crippen molar-refractivity contribution in [3.63, 3.8) is 0 Å². The average Bonchev–Trinajstić information content (AvgIpc) is 3.87. The number of halogens is 1. The molecule has 1 amide bonds. The Kier molecular flexibility index (Phi) is 9.22. The zero-order valence-electron chi connectivity index (χ0n) is 24.8. The molecule has 46 heavy (non-hydrogen) atoms. The van der Waals surface area contributed by atoms with Crippen molar-refractivity contribution in [2.45, 2.75) is 25.6 Å². The topological polar surface area (TPSA) is 160 Å². The maximum Gasteiger partial charge on any atom is 0.338 e. The average molecular weight is 683 g/mol. The Morgan fingerprint density at radius 3 is 2.11 bits per heavy atom. The van der Waals surface area contributed by atoms with E-state index in [1.807, 2.05) is 60.7 Å². The summed E-state index contributed by atoms with van der Waals surface area (Å²) in [4.78, 5) is 33.4. The van der Waals surface area contributed by atoms with E-state index in [0.29, 0.717) is 30.0 Å². The SMILES string of the molecule is N[C@@H]1CCN(c2c(Br)cnc3[nH]cc(NC(=O)c4cnn(Cc5ccccc5)c4)c23)C1.O=C(O)c1cnn(Cc2ccccc2)c1. The van der Waals surface area contributed by atoms with Crippen LogP contribution >= 0.6 is 15.9 Å². The van der Waals surface area contributed by atoms with Gasteiger partial charge in [-0.25, -0.2) is 9.78 Å². The summed E-state index contributed by atoms with van der Waals surface area (Å²) in [5, 5.41) is 20.9. The van der Waals surface area contributed by atoms with Crippen LogP contribution < -0.4 is 16.0 Å². The number of amides is 1. The van der Waals surface area contributed by atoms with E-state index in [9.17, 15) is 9.59 Å². The third-order valence-electron chi connectivity index (χ3n) is 7.57. The molecule has 6 aromatic rings. The molecule has 1 atom stereocenters. The van der Waals surface area contributed by atoms with Crippen molar-refractivity contribution in [3.05, 3.63) is 125 Å². The fourth-order valence-corrected chi connectivity index (χ4v) is 5.87. The van der Waals surface area contributed by atoms with Gasteiger partial charge in [-0.2, -0.15) is 10.2 Å². The van der Waals surface area contributed by atoms with Gasteiger partial charge in [-0.1, -0.05) is 60.7 Å². The fraction of sp³-hybridized carbons (Fsp3) is 0.182. The molecular weight excluding hydrogens is 650 g/mol. The lowest BCUT2D eigenvalue weighted by Crippen LogP contribution is -2.26. The van der Waals surface area contributed by atoms with Crippen LogP contribution in [0.15, 0.2) is 102 Å². The Morgan fingerprint density at radius 1 is 0.935 bits per heavy atom. The van der Waals surface area contributed by atoms with E-state index in [4.69, 9.17) is 10.8 Å². The van der Waals surface area contributed by atoms with E-state index in [2.05, 4.69) is 46.3 Å². The molecule has 1 aliphatic rings. The summed E-state index contributed by atoms with van der Waals surface area (Å²) in [6, 6.07) is 19.9. The number of hydrogen-bond acceptors (Lipinski definition) is 7. The number of aromatic nitrogens is 6. The highest BCUT2D eigenvalue weighted by molar-refractivity contribution is 9.10. The third-order valence-corrected chi connectivity index (χ3v) is 8.15. The highest BCUT2D eigenvalue weighted by Crippen LogP contribution is 2.39. The van der Waals surface area contributed by atoms with E-state index in [1.54, 1.807) is 34.2 Å². The van der Waals surface area contributed by atoms with Crippen molar-refractivity contribution in [2.75, 3.05) is 23.3 Å². The number of anilines is 2. The lowest BCUT2D eigenvalue weighted by atomic mass is 10.2. The van der Waals surface area contributed by atoms with Crippen LogP contribution in [0.3, 0.4) is 0 Å². The number of aromatic carboxylic acids is 1. The van der Waals surface area contributed by atoms with Gasteiger partial charge in [0.2, 0.25) is 0 Å². The highest BCUT2D eigenvalue weighted by atomic mass is 79.9. The molecule has 0 radical (unpaired) electrons. The van der Waals surface area contributed by atoms with Crippen LogP contribution in [0.1, 0.15) is 38.3 Å². The van der Waals surface area contributed by atoms with Gasteiger partial charge >= 0.3 is 5.97 Å². The number of hydrogen-bond donors (Lipinski definition) is 4. The first-order valence-electron chi connectivity index (χ1n) is 14.7. The van der Waals surface area contributed by atoms with Gasteiger partial charge in [-0.3, -0.25) is 14.2 Å². The van der Waals surface area contributed by atoms with Crippen molar-refractivity contribution < 1.29 is 14.7 Å². The molecule has 0 aliphatic carbocycles. The van der Waals surface area contributed by atoms with Gasteiger partial charge in [0, 0.05) is 43.9 Å². The van der Waals surface area contributed by atoms with Crippen LogP contribution in [-0.2, 0) is 13.1 Å². The minimum atomic E-state index is -0.950. The zero-order valence-corrected chi connectivity index (χ0v) is 26.3. The number of nitrogens with zero attached hydrogens (tertiary/aromatic N) is 6. The number of carbonyl (C=O) groups excluding carboxylic acids is 1. The van der Waals surface area contributed by atoms with Crippen molar-refractivity contribution in [1.29, 1.82) is 0 Å². The number of nitrogens with one attached hydrogen (secondary N) is 2. The number of pyridine rings is 1. The van der Waals surface area contributed by atoms with Crippen molar-refractivity contribution in [3.8, 4) is 0 Å². The smallest absolute Gasteiger partial charge is 0.338 e. The Hall–Kier alpha value is -5.27. The monoisotopic (exact) mass is 681 g/mol. The van der Waals surface area contributed by atoms with E-state index in [-0.39, 0.29) is 17.5 Å². The largest absolute Gasteiger partial charge is 0.478 e. The zero-order chi connectivity index (χ0) is 32.0. The number of carboxylic acids is 1. The maximum atomic E-state index is 12.9. The van der Waals surface area contributed by atoms with E-state index >= 15 is 0 Å². The van der Waals surface area contributed by atoms with Crippen LogP contribution in [-0.4, -0.2) is 65.6 Å². The predicted molar refractivity (Wildman–Crippen MR) is 179 cm³/mol. The molecule has 0 spiro atoms. The molecule has 5 heterocycles.